The zero-order valence-electron chi connectivity index (χ0n) is 39.9. The summed E-state index contributed by atoms with van der Waals surface area (Å²) >= 11 is 0. The summed E-state index contributed by atoms with van der Waals surface area (Å²) in [6, 6.07) is 0. The summed E-state index contributed by atoms with van der Waals surface area (Å²) in [6.45, 7) is 6.45. The average Bonchev–Trinajstić information content (AvgIpc) is 3.26. The minimum Gasteiger partial charge on any atom is -0.462 e. The van der Waals surface area contributed by atoms with Crippen LogP contribution in [0.4, 0.5) is 0 Å². The van der Waals surface area contributed by atoms with Crippen LogP contribution in [0.1, 0.15) is 239 Å². The number of hydrogen-bond acceptors (Lipinski definition) is 6. The molecule has 350 valence electrons. The van der Waals surface area contributed by atoms with Crippen LogP contribution in [-0.4, -0.2) is 37.2 Å². The van der Waals surface area contributed by atoms with E-state index in [1.807, 2.05) is 18.2 Å². The minimum atomic E-state index is -0.796. The lowest BCUT2D eigenvalue weighted by molar-refractivity contribution is -0.167. The second-order valence-corrected chi connectivity index (χ2v) is 16.8. The van der Waals surface area contributed by atoms with E-state index in [1.165, 1.54) is 103 Å². The third-order valence-electron chi connectivity index (χ3n) is 10.8. The molecule has 1 unspecified atom stereocenters. The lowest BCUT2D eigenvalue weighted by Gasteiger charge is -2.18. The lowest BCUT2D eigenvalue weighted by Crippen LogP contribution is -2.30. The summed E-state index contributed by atoms with van der Waals surface area (Å²) in [4.78, 5) is 37.9. The maximum atomic E-state index is 12.8. The van der Waals surface area contributed by atoms with Crippen LogP contribution < -0.4 is 0 Å². The second-order valence-electron chi connectivity index (χ2n) is 16.8. The standard InChI is InChI=1S/C55H94O6/c1-4-7-10-13-16-19-22-25-27-29-30-33-36-39-42-45-48-54(57)60-51-52(50-59-53(56)47-44-41-38-35-32-24-21-18-15-12-9-6-3)61-55(58)49-46-43-40-37-34-31-28-26-23-20-17-14-11-8-5-2/h8,11,14,17,20,23,26-30,33,52H,4-7,9-10,12-13,15-16,18-19,21-22,24-25,31-32,34-51H2,1-3H3/b11-8-,17-14-,23-20-,28-26-,29-27-,33-30-. The molecule has 0 radical (unpaired) electrons. The number of unbranched alkanes of at least 4 members (excludes halogenated alkanes) is 26. The summed E-state index contributed by atoms with van der Waals surface area (Å²) in [5.74, 6) is -0.942. The van der Waals surface area contributed by atoms with Gasteiger partial charge in [-0.25, -0.2) is 0 Å². The molecule has 0 bridgehead atoms. The van der Waals surface area contributed by atoms with Gasteiger partial charge in [-0.1, -0.05) is 229 Å². The molecular weight excluding hydrogens is 757 g/mol. The highest BCUT2D eigenvalue weighted by molar-refractivity contribution is 5.71. The maximum absolute atomic E-state index is 12.8. The topological polar surface area (TPSA) is 78.9 Å². The monoisotopic (exact) mass is 851 g/mol. The summed E-state index contributed by atoms with van der Waals surface area (Å²) in [6.07, 6.45) is 61.7. The molecule has 0 aromatic rings. The highest BCUT2D eigenvalue weighted by Crippen LogP contribution is 2.14. The van der Waals surface area contributed by atoms with Crippen LogP contribution in [0.15, 0.2) is 72.9 Å². The Hall–Kier alpha value is -3.15. The summed E-state index contributed by atoms with van der Waals surface area (Å²) < 4.78 is 16.7. The van der Waals surface area contributed by atoms with Crippen molar-refractivity contribution in [2.24, 2.45) is 0 Å². The number of ether oxygens (including phenoxy) is 3. The van der Waals surface area contributed by atoms with Crippen LogP contribution >= 0.6 is 0 Å². The van der Waals surface area contributed by atoms with Gasteiger partial charge in [0.05, 0.1) is 0 Å². The van der Waals surface area contributed by atoms with Gasteiger partial charge in [-0.05, 0) is 64.2 Å². The van der Waals surface area contributed by atoms with Crippen molar-refractivity contribution in [3.8, 4) is 0 Å². The van der Waals surface area contributed by atoms with Crippen molar-refractivity contribution < 1.29 is 28.6 Å². The lowest BCUT2D eigenvalue weighted by atomic mass is 10.0. The van der Waals surface area contributed by atoms with Crippen molar-refractivity contribution >= 4 is 17.9 Å². The van der Waals surface area contributed by atoms with Crippen molar-refractivity contribution in [2.45, 2.75) is 245 Å². The van der Waals surface area contributed by atoms with E-state index in [9.17, 15) is 14.4 Å². The molecule has 61 heavy (non-hydrogen) atoms. The van der Waals surface area contributed by atoms with E-state index in [1.54, 1.807) is 0 Å². The molecule has 0 rings (SSSR count). The Morgan fingerprint density at radius 3 is 1.03 bits per heavy atom. The van der Waals surface area contributed by atoms with Crippen LogP contribution in [0.25, 0.3) is 0 Å². The number of hydrogen-bond donors (Lipinski definition) is 0. The van der Waals surface area contributed by atoms with Crippen molar-refractivity contribution in [1.29, 1.82) is 0 Å². The highest BCUT2D eigenvalue weighted by atomic mass is 16.6. The first-order valence-electron chi connectivity index (χ1n) is 25.5. The molecule has 0 aliphatic carbocycles. The Labute approximate surface area is 376 Å². The van der Waals surface area contributed by atoms with Gasteiger partial charge in [-0.15, -0.1) is 0 Å². The van der Waals surface area contributed by atoms with E-state index < -0.39 is 6.10 Å². The molecule has 0 saturated heterocycles. The van der Waals surface area contributed by atoms with E-state index in [-0.39, 0.29) is 31.1 Å². The summed E-state index contributed by atoms with van der Waals surface area (Å²) in [5.41, 5.74) is 0. The summed E-state index contributed by atoms with van der Waals surface area (Å²) in [5, 5.41) is 0. The van der Waals surface area contributed by atoms with Gasteiger partial charge < -0.3 is 14.2 Å². The van der Waals surface area contributed by atoms with Gasteiger partial charge in [0.1, 0.15) is 13.2 Å². The van der Waals surface area contributed by atoms with E-state index in [4.69, 9.17) is 14.2 Å². The normalized spacial score (nSPS) is 12.6. The Kier molecular flexibility index (Phi) is 46.9. The molecular formula is C55H94O6. The van der Waals surface area contributed by atoms with Gasteiger partial charge in [0.15, 0.2) is 6.10 Å². The van der Waals surface area contributed by atoms with Gasteiger partial charge in [0.2, 0.25) is 0 Å². The number of allylic oxidation sites excluding steroid dienone is 12. The quantitative estimate of drug-likeness (QED) is 0.0263. The molecule has 0 amide bonds. The fourth-order valence-corrected chi connectivity index (χ4v) is 6.97. The number of carbonyl (C=O) groups is 3. The Bertz CT molecular complexity index is 1160. The smallest absolute Gasteiger partial charge is 0.306 e. The van der Waals surface area contributed by atoms with Crippen molar-refractivity contribution in [1.82, 2.24) is 0 Å². The largest absolute Gasteiger partial charge is 0.462 e. The van der Waals surface area contributed by atoms with Crippen LogP contribution in [0.2, 0.25) is 0 Å². The fraction of sp³-hybridized carbons (Fsp3) is 0.727. The third kappa shape index (κ3) is 47.7. The Morgan fingerprint density at radius 2 is 0.639 bits per heavy atom. The van der Waals surface area contributed by atoms with E-state index in [2.05, 4.69) is 75.5 Å². The van der Waals surface area contributed by atoms with Gasteiger partial charge in [-0.2, -0.15) is 0 Å². The van der Waals surface area contributed by atoms with Crippen molar-refractivity contribution in [3.05, 3.63) is 72.9 Å². The molecule has 1 atom stereocenters. The number of esters is 3. The van der Waals surface area contributed by atoms with Gasteiger partial charge in [0, 0.05) is 19.3 Å². The predicted octanol–water partition coefficient (Wildman–Crippen LogP) is 16.6. The zero-order chi connectivity index (χ0) is 44.4. The average molecular weight is 851 g/mol. The van der Waals surface area contributed by atoms with Crippen LogP contribution in [-0.2, 0) is 28.6 Å². The predicted molar refractivity (Wildman–Crippen MR) is 261 cm³/mol. The van der Waals surface area contributed by atoms with Crippen LogP contribution in [0.3, 0.4) is 0 Å². The van der Waals surface area contributed by atoms with Gasteiger partial charge in [-0.3, -0.25) is 14.4 Å². The molecule has 6 heteroatoms. The highest BCUT2D eigenvalue weighted by Gasteiger charge is 2.19. The summed E-state index contributed by atoms with van der Waals surface area (Å²) in [7, 11) is 0. The first-order chi connectivity index (χ1) is 30.0. The molecule has 6 nitrogen and oxygen atoms in total. The van der Waals surface area contributed by atoms with Crippen molar-refractivity contribution in [3.63, 3.8) is 0 Å². The Morgan fingerprint density at radius 1 is 0.344 bits per heavy atom. The molecule has 0 aromatic heterocycles. The molecule has 0 spiro atoms. The molecule has 0 aliphatic heterocycles. The molecule has 0 aromatic carbocycles. The molecule has 0 saturated carbocycles. The number of carbonyl (C=O) groups excluding carboxylic acids is 3. The van der Waals surface area contributed by atoms with E-state index in [0.717, 1.165) is 96.3 Å². The molecule has 0 N–H and O–H groups in total. The first kappa shape index (κ1) is 57.9. The fourth-order valence-electron chi connectivity index (χ4n) is 6.97. The van der Waals surface area contributed by atoms with Crippen LogP contribution in [0, 0.1) is 0 Å². The third-order valence-corrected chi connectivity index (χ3v) is 10.8. The number of rotatable bonds is 45. The molecule has 0 aliphatic rings. The van der Waals surface area contributed by atoms with Crippen molar-refractivity contribution in [2.75, 3.05) is 13.2 Å². The van der Waals surface area contributed by atoms with Gasteiger partial charge in [0.25, 0.3) is 0 Å². The second kappa shape index (κ2) is 49.5. The Balaban J connectivity index is 4.46. The first-order valence-corrected chi connectivity index (χ1v) is 25.5. The van der Waals surface area contributed by atoms with E-state index in [0.29, 0.717) is 19.3 Å². The molecule has 0 fully saturated rings. The van der Waals surface area contributed by atoms with Gasteiger partial charge >= 0.3 is 17.9 Å². The van der Waals surface area contributed by atoms with E-state index >= 15 is 0 Å². The minimum absolute atomic E-state index is 0.0924. The zero-order valence-corrected chi connectivity index (χ0v) is 39.9. The van der Waals surface area contributed by atoms with Crippen LogP contribution in [0.5, 0.6) is 0 Å². The molecule has 0 heterocycles. The maximum Gasteiger partial charge on any atom is 0.306 e. The SMILES string of the molecule is CC\C=C/C=C\C=C/C=C\CCCCCCCC(=O)OC(COC(=O)CCCCC/C=C\C=C/CCCCCCCCC)COC(=O)CCCCCCCCCCCCCC.